The number of nitrogens with one attached hydrogen (secondary N) is 2. The van der Waals surface area contributed by atoms with Crippen LogP contribution in [0.4, 0.5) is 16.3 Å². The molecule has 1 saturated heterocycles. The van der Waals surface area contributed by atoms with Crippen LogP contribution in [0.25, 0.3) is 11.4 Å². The number of aromatic nitrogens is 2. The number of fused-ring (bicyclic) bond motifs is 1. The molecule has 2 aliphatic heterocycles. The normalized spacial score (nSPS) is 17.1. The second-order valence-corrected chi connectivity index (χ2v) is 10.7. The zero-order valence-corrected chi connectivity index (χ0v) is 24.5. The van der Waals surface area contributed by atoms with Crippen molar-refractivity contribution in [3.05, 3.63) is 35.5 Å². The number of amides is 3. The van der Waals surface area contributed by atoms with E-state index in [1.807, 2.05) is 36.1 Å². The van der Waals surface area contributed by atoms with Crippen molar-refractivity contribution in [1.82, 2.24) is 20.2 Å². The molecule has 218 valence electrons. The molecule has 0 bridgehead atoms. The first-order valence-corrected chi connectivity index (χ1v) is 15.3. The number of nitrogens with zero attached hydrogens (tertiary/aromatic N) is 4. The summed E-state index contributed by atoms with van der Waals surface area (Å²) in [5, 5.41) is 5.86. The van der Waals surface area contributed by atoms with Gasteiger partial charge < -0.3 is 25.2 Å². The lowest BCUT2D eigenvalue weighted by atomic mass is 10.0. The molecule has 0 spiro atoms. The van der Waals surface area contributed by atoms with E-state index in [2.05, 4.69) is 29.4 Å². The number of urea groups is 1. The van der Waals surface area contributed by atoms with Crippen LogP contribution in [0.2, 0.25) is 0 Å². The minimum absolute atomic E-state index is 0.0362. The summed E-state index contributed by atoms with van der Waals surface area (Å²) in [6.07, 6.45) is 10.2. The highest BCUT2D eigenvalue weighted by Gasteiger charge is 2.33. The molecule has 4 rings (SSSR count). The van der Waals surface area contributed by atoms with Gasteiger partial charge in [0.1, 0.15) is 11.5 Å². The average Bonchev–Trinajstić information content (AvgIpc) is 2.98. The number of hydrogen-bond acceptors (Lipinski definition) is 6. The number of morpholine rings is 1. The highest BCUT2D eigenvalue weighted by atomic mass is 16.5. The van der Waals surface area contributed by atoms with E-state index in [4.69, 9.17) is 14.7 Å². The Hall–Kier alpha value is -3.20. The van der Waals surface area contributed by atoms with Crippen LogP contribution < -0.4 is 15.5 Å². The fourth-order valence-corrected chi connectivity index (χ4v) is 5.48. The van der Waals surface area contributed by atoms with Gasteiger partial charge in [-0.1, -0.05) is 52.4 Å². The van der Waals surface area contributed by atoms with E-state index in [1.54, 1.807) is 0 Å². The van der Waals surface area contributed by atoms with Crippen LogP contribution in [0.15, 0.2) is 24.3 Å². The van der Waals surface area contributed by atoms with Crippen LogP contribution in [0.3, 0.4) is 0 Å². The molecule has 1 aromatic carbocycles. The van der Waals surface area contributed by atoms with Crippen molar-refractivity contribution >= 4 is 23.4 Å². The minimum Gasteiger partial charge on any atom is -0.377 e. The molecule has 9 nitrogen and oxygen atoms in total. The van der Waals surface area contributed by atoms with Crippen molar-refractivity contribution in [2.75, 3.05) is 49.6 Å². The zero-order valence-electron chi connectivity index (χ0n) is 24.5. The fraction of sp³-hybridized carbons (Fsp3) is 0.613. The van der Waals surface area contributed by atoms with Gasteiger partial charge in [0.2, 0.25) is 0 Å². The molecule has 1 fully saturated rings. The van der Waals surface area contributed by atoms with Gasteiger partial charge in [0, 0.05) is 43.0 Å². The number of benzene rings is 1. The predicted molar refractivity (Wildman–Crippen MR) is 160 cm³/mol. The van der Waals surface area contributed by atoms with Crippen molar-refractivity contribution < 1.29 is 14.3 Å². The first-order valence-electron chi connectivity index (χ1n) is 15.3. The Kier molecular flexibility index (Phi) is 11.1. The molecular weight excluding hydrogens is 504 g/mol. The van der Waals surface area contributed by atoms with E-state index in [0.29, 0.717) is 50.1 Å². The monoisotopic (exact) mass is 550 g/mol. The average molecular weight is 551 g/mol. The van der Waals surface area contributed by atoms with E-state index in [-0.39, 0.29) is 18.0 Å². The summed E-state index contributed by atoms with van der Waals surface area (Å²) >= 11 is 0. The van der Waals surface area contributed by atoms with Crippen LogP contribution in [0.5, 0.6) is 0 Å². The smallest absolute Gasteiger partial charge is 0.319 e. The van der Waals surface area contributed by atoms with Crippen molar-refractivity contribution in [3.63, 3.8) is 0 Å². The SMILES string of the molecule is CCCCCCCCCNC(=O)Nc1ccc(-c2nc3c(c(N4CCOCC4CC)n2)CCN(CC)C3=O)cc1. The molecule has 2 aromatic rings. The molecule has 0 radical (unpaired) electrons. The van der Waals surface area contributed by atoms with Crippen LogP contribution in [-0.2, 0) is 11.2 Å². The van der Waals surface area contributed by atoms with Crippen molar-refractivity contribution in [2.24, 2.45) is 0 Å². The molecular formula is C31H46N6O3. The van der Waals surface area contributed by atoms with E-state index in [1.165, 1.54) is 32.1 Å². The lowest BCUT2D eigenvalue weighted by Gasteiger charge is -2.38. The topological polar surface area (TPSA) is 99.7 Å². The number of hydrogen-bond donors (Lipinski definition) is 2. The molecule has 0 saturated carbocycles. The predicted octanol–water partition coefficient (Wildman–Crippen LogP) is 5.65. The van der Waals surface area contributed by atoms with Gasteiger partial charge in [-0.25, -0.2) is 14.8 Å². The summed E-state index contributed by atoms with van der Waals surface area (Å²) in [5.41, 5.74) is 2.95. The third-order valence-electron chi connectivity index (χ3n) is 7.93. The molecule has 3 heterocycles. The van der Waals surface area contributed by atoms with E-state index >= 15 is 0 Å². The number of carbonyl (C=O) groups is 2. The number of ether oxygens (including phenoxy) is 1. The Morgan fingerprint density at radius 3 is 2.48 bits per heavy atom. The highest BCUT2D eigenvalue weighted by molar-refractivity contribution is 5.96. The van der Waals surface area contributed by atoms with Crippen molar-refractivity contribution in [1.29, 1.82) is 0 Å². The second-order valence-electron chi connectivity index (χ2n) is 10.7. The molecule has 3 amide bonds. The molecule has 0 aliphatic carbocycles. The molecule has 2 aliphatic rings. The van der Waals surface area contributed by atoms with E-state index in [0.717, 1.165) is 49.2 Å². The molecule has 2 N–H and O–H groups in total. The molecule has 1 atom stereocenters. The summed E-state index contributed by atoms with van der Waals surface area (Å²) < 4.78 is 5.74. The van der Waals surface area contributed by atoms with Crippen LogP contribution in [0, 0.1) is 0 Å². The van der Waals surface area contributed by atoms with Gasteiger partial charge in [0.05, 0.1) is 19.3 Å². The third kappa shape index (κ3) is 7.50. The summed E-state index contributed by atoms with van der Waals surface area (Å²) in [5.74, 6) is 1.34. The summed E-state index contributed by atoms with van der Waals surface area (Å²) in [4.78, 5) is 39.6. The maximum Gasteiger partial charge on any atom is 0.319 e. The Labute approximate surface area is 239 Å². The van der Waals surface area contributed by atoms with Crippen molar-refractivity contribution in [3.8, 4) is 11.4 Å². The van der Waals surface area contributed by atoms with Gasteiger partial charge >= 0.3 is 6.03 Å². The zero-order chi connectivity index (χ0) is 28.3. The number of rotatable bonds is 13. The first-order chi connectivity index (χ1) is 19.5. The lowest BCUT2D eigenvalue weighted by Crippen LogP contribution is -2.47. The number of unbranched alkanes of at least 4 members (excludes halogenated alkanes) is 6. The maximum absolute atomic E-state index is 13.3. The highest BCUT2D eigenvalue weighted by Crippen LogP contribution is 2.32. The fourth-order valence-electron chi connectivity index (χ4n) is 5.48. The number of anilines is 2. The Morgan fingerprint density at radius 1 is 1.00 bits per heavy atom. The van der Waals surface area contributed by atoms with Crippen LogP contribution in [0.1, 0.15) is 88.2 Å². The van der Waals surface area contributed by atoms with E-state index in [9.17, 15) is 9.59 Å². The van der Waals surface area contributed by atoms with Crippen LogP contribution >= 0.6 is 0 Å². The lowest BCUT2D eigenvalue weighted by molar-refractivity contribution is 0.0741. The van der Waals surface area contributed by atoms with Gasteiger partial charge in [0.15, 0.2) is 5.82 Å². The Bertz CT molecular complexity index is 1120. The van der Waals surface area contributed by atoms with Gasteiger partial charge in [-0.2, -0.15) is 0 Å². The van der Waals surface area contributed by atoms with Crippen molar-refractivity contribution in [2.45, 2.75) is 84.6 Å². The Morgan fingerprint density at radius 2 is 1.75 bits per heavy atom. The summed E-state index contributed by atoms with van der Waals surface area (Å²) in [6.45, 7) is 10.4. The van der Waals surface area contributed by atoms with Crippen LogP contribution in [-0.4, -0.2) is 72.2 Å². The van der Waals surface area contributed by atoms with Gasteiger partial charge in [-0.15, -0.1) is 0 Å². The minimum atomic E-state index is -0.200. The second kappa shape index (κ2) is 15.0. The summed E-state index contributed by atoms with van der Waals surface area (Å²) in [6, 6.07) is 7.53. The molecule has 1 unspecified atom stereocenters. The summed E-state index contributed by atoms with van der Waals surface area (Å²) in [7, 11) is 0. The molecule has 1 aromatic heterocycles. The quantitative estimate of drug-likeness (QED) is 0.313. The number of carbonyl (C=O) groups excluding carboxylic acids is 2. The van der Waals surface area contributed by atoms with E-state index < -0.39 is 0 Å². The molecule has 40 heavy (non-hydrogen) atoms. The number of likely N-dealkylation sites (N-methyl/N-ethyl adjacent to an activating group) is 1. The maximum atomic E-state index is 13.3. The van der Waals surface area contributed by atoms with Gasteiger partial charge in [-0.05, 0) is 50.5 Å². The van der Waals surface area contributed by atoms with Gasteiger partial charge in [-0.3, -0.25) is 4.79 Å². The molecule has 9 heteroatoms. The third-order valence-corrected chi connectivity index (χ3v) is 7.93. The standard InChI is InChI=1S/C31H46N6O3/c1-4-7-8-9-10-11-12-18-32-31(39)33-24-15-13-23(14-16-24)28-34-27-26(17-19-36(6-3)30(27)38)29(35-28)37-20-21-40-22-25(37)5-2/h13-16,25H,4-12,17-22H2,1-3H3,(H2,32,33,39). The first kappa shape index (κ1) is 29.8. The largest absolute Gasteiger partial charge is 0.377 e. The Balaban J connectivity index is 1.44. The van der Waals surface area contributed by atoms with Gasteiger partial charge in [0.25, 0.3) is 5.91 Å².